The van der Waals surface area contributed by atoms with Crippen molar-refractivity contribution >= 4 is 35.0 Å². The third-order valence-electron chi connectivity index (χ3n) is 2.19. The molecule has 0 radical (unpaired) electrons. The van der Waals surface area contributed by atoms with Gasteiger partial charge >= 0.3 is 0 Å². The highest BCUT2D eigenvalue weighted by Crippen LogP contribution is 2.17. The van der Waals surface area contributed by atoms with E-state index in [1.165, 1.54) is 12.4 Å². The lowest BCUT2D eigenvalue weighted by Crippen LogP contribution is -2.13. The lowest BCUT2D eigenvalue weighted by atomic mass is 10.3. The monoisotopic (exact) mass is 279 g/mol. The van der Waals surface area contributed by atoms with Crippen molar-refractivity contribution in [2.75, 3.05) is 11.6 Å². The van der Waals surface area contributed by atoms with Crippen molar-refractivity contribution in [2.45, 2.75) is 4.90 Å². The summed E-state index contributed by atoms with van der Waals surface area (Å²) in [4.78, 5) is 20.7. The van der Waals surface area contributed by atoms with Crippen LogP contribution in [-0.4, -0.2) is 22.1 Å². The summed E-state index contributed by atoms with van der Waals surface area (Å²) in [6, 6.07) is 7.54. The molecule has 2 aromatic rings. The van der Waals surface area contributed by atoms with Crippen LogP contribution in [0.2, 0.25) is 5.15 Å². The molecule has 0 fully saturated rings. The van der Waals surface area contributed by atoms with Crippen LogP contribution in [0.15, 0.2) is 41.6 Å². The van der Waals surface area contributed by atoms with Crippen LogP contribution in [-0.2, 0) is 0 Å². The van der Waals surface area contributed by atoms with Gasteiger partial charge in [-0.2, -0.15) is 0 Å². The van der Waals surface area contributed by atoms with Crippen LogP contribution in [0.4, 0.5) is 5.69 Å². The molecule has 1 heterocycles. The zero-order valence-electron chi connectivity index (χ0n) is 9.55. The molecular formula is C12H10ClN3OS. The first kappa shape index (κ1) is 12.9. The van der Waals surface area contributed by atoms with E-state index in [9.17, 15) is 4.79 Å². The number of halogens is 1. The molecule has 1 aromatic heterocycles. The predicted octanol–water partition coefficient (Wildman–Crippen LogP) is 3.10. The van der Waals surface area contributed by atoms with Crippen LogP contribution < -0.4 is 5.32 Å². The standard InChI is InChI=1S/C12H10ClN3OS/c1-18-9-4-2-8(3-5-9)15-12(17)10-6-14-7-11(13)16-10/h2-7H,1H3,(H,15,17). The van der Waals surface area contributed by atoms with Gasteiger partial charge in [0.15, 0.2) is 0 Å². The van der Waals surface area contributed by atoms with Crippen molar-refractivity contribution in [2.24, 2.45) is 0 Å². The molecule has 0 unspecified atom stereocenters. The maximum Gasteiger partial charge on any atom is 0.275 e. The fourth-order valence-electron chi connectivity index (χ4n) is 1.32. The summed E-state index contributed by atoms with van der Waals surface area (Å²) in [7, 11) is 0. The van der Waals surface area contributed by atoms with Crippen LogP contribution in [0.1, 0.15) is 10.5 Å². The largest absolute Gasteiger partial charge is 0.321 e. The number of nitrogens with one attached hydrogen (secondary N) is 1. The van der Waals surface area contributed by atoms with Gasteiger partial charge in [0.1, 0.15) is 10.8 Å². The zero-order valence-corrected chi connectivity index (χ0v) is 11.1. The number of hydrogen-bond donors (Lipinski definition) is 1. The number of nitrogens with zero attached hydrogens (tertiary/aromatic N) is 2. The van der Waals surface area contributed by atoms with Crippen molar-refractivity contribution < 1.29 is 4.79 Å². The summed E-state index contributed by atoms with van der Waals surface area (Å²) >= 11 is 7.32. The molecule has 0 aliphatic heterocycles. The van der Waals surface area contributed by atoms with Crippen molar-refractivity contribution in [1.82, 2.24) is 9.97 Å². The molecule has 4 nitrogen and oxygen atoms in total. The molecular weight excluding hydrogens is 270 g/mol. The van der Waals surface area contributed by atoms with Gasteiger partial charge in [-0.25, -0.2) is 4.98 Å². The maximum atomic E-state index is 11.8. The first-order chi connectivity index (χ1) is 8.69. The number of carbonyl (C=O) groups is 1. The molecule has 0 saturated carbocycles. The van der Waals surface area contributed by atoms with Gasteiger partial charge in [0.2, 0.25) is 0 Å². The Balaban J connectivity index is 2.11. The van der Waals surface area contributed by atoms with E-state index in [1.807, 2.05) is 30.5 Å². The van der Waals surface area contributed by atoms with Gasteiger partial charge < -0.3 is 5.32 Å². The van der Waals surface area contributed by atoms with Crippen LogP contribution in [0.5, 0.6) is 0 Å². The Bertz CT molecular complexity index is 560. The molecule has 92 valence electrons. The van der Waals surface area contributed by atoms with E-state index >= 15 is 0 Å². The molecule has 18 heavy (non-hydrogen) atoms. The Morgan fingerprint density at radius 3 is 2.61 bits per heavy atom. The highest BCUT2D eigenvalue weighted by atomic mass is 35.5. The van der Waals surface area contributed by atoms with Crippen LogP contribution >= 0.6 is 23.4 Å². The summed E-state index contributed by atoms with van der Waals surface area (Å²) in [5.41, 5.74) is 0.899. The minimum atomic E-state index is -0.332. The number of rotatable bonds is 3. The SMILES string of the molecule is CSc1ccc(NC(=O)c2cncc(Cl)n2)cc1. The van der Waals surface area contributed by atoms with Crippen molar-refractivity contribution in [1.29, 1.82) is 0 Å². The predicted molar refractivity (Wildman–Crippen MR) is 73.2 cm³/mol. The van der Waals surface area contributed by atoms with Gasteiger partial charge in [0.25, 0.3) is 5.91 Å². The summed E-state index contributed by atoms with van der Waals surface area (Å²) in [5, 5.41) is 2.92. The molecule has 1 amide bonds. The average molecular weight is 280 g/mol. The molecule has 2 rings (SSSR count). The Kier molecular flexibility index (Phi) is 4.17. The molecule has 6 heteroatoms. The van der Waals surface area contributed by atoms with Crippen molar-refractivity contribution in [3.63, 3.8) is 0 Å². The Morgan fingerprint density at radius 2 is 2.00 bits per heavy atom. The fraction of sp³-hybridized carbons (Fsp3) is 0.0833. The number of carbonyl (C=O) groups excluding carboxylic acids is 1. The summed E-state index contributed by atoms with van der Waals surface area (Å²) in [6.07, 6.45) is 4.75. The molecule has 0 bridgehead atoms. The second-order valence-corrected chi connectivity index (χ2v) is 4.68. The van der Waals surface area contributed by atoms with Crippen molar-refractivity contribution in [3.05, 3.63) is 47.5 Å². The second kappa shape index (κ2) is 5.84. The van der Waals surface area contributed by atoms with E-state index in [-0.39, 0.29) is 16.8 Å². The zero-order chi connectivity index (χ0) is 13.0. The topological polar surface area (TPSA) is 54.9 Å². The van der Waals surface area contributed by atoms with E-state index in [0.29, 0.717) is 5.69 Å². The van der Waals surface area contributed by atoms with Gasteiger partial charge in [-0.15, -0.1) is 11.8 Å². The van der Waals surface area contributed by atoms with Gasteiger partial charge in [-0.05, 0) is 30.5 Å². The first-order valence-electron chi connectivity index (χ1n) is 5.12. The number of thioether (sulfide) groups is 1. The lowest BCUT2D eigenvalue weighted by Gasteiger charge is -2.05. The fourth-order valence-corrected chi connectivity index (χ4v) is 1.88. The molecule has 0 aliphatic carbocycles. The van der Waals surface area contributed by atoms with Crippen LogP contribution in [0.25, 0.3) is 0 Å². The Morgan fingerprint density at radius 1 is 1.28 bits per heavy atom. The number of anilines is 1. The second-order valence-electron chi connectivity index (χ2n) is 3.41. The quantitative estimate of drug-likeness (QED) is 0.877. The van der Waals surface area contributed by atoms with E-state index in [1.54, 1.807) is 11.8 Å². The highest BCUT2D eigenvalue weighted by molar-refractivity contribution is 7.98. The third-order valence-corrected chi connectivity index (χ3v) is 3.11. The Hall–Kier alpha value is -1.59. The van der Waals surface area contributed by atoms with E-state index in [0.717, 1.165) is 4.90 Å². The van der Waals surface area contributed by atoms with E-state index < -0.39 is 0 Å². The van der Waals surface area contributed by atoms with E-state index in [4.69, 9.17) is 11.6 Å². The lowest BCUT2D eigenvalue weighted by molar-refractivity contribution is 0.102. The molecule has 0 spiro atoms. The minimum absolute atomic E-state index is 0.191. The van der Waals surface area contributed by atoms with Crippen LogP contribution in [0, 0.1) is 0 Å². The van der Waals surface area contributed by atoms with Gasteiger partial charge in [0.05, 0.1) is 12.4 Å². The van der Waals surface area contributed by atoms with Gasteiger partial charge in [0, 0.05) is 10.6 Å². The third kappa shape index (κ3) is 3.21. The number of hydrogen-bond acceptors (Lipinski definition) is 4. The smallest absolute Gasteiger partial charge is 0.275 e. The number of amides is 1. The normalized spacial score (nSPS) is 10.1. The molecule has 0 aliphatic rings. The molecule has 1 aromatic carbocycles. The van der Waals surface area contributed by atoms with E-state index in [2.05, 4.69) is 15.3 Å². The first-order valence-corrected chi connectivity index (χ1v) is 6.72. The Labute approximate surface area is 114 Å². The average Bonchev–Trinajstić information content (AvgIpc) is 2.39. The summed E-state index contributed by atoms with van der Waals surface area (Å²) in [6.45, 7) is 0. The summed E-state index contributed by atoms with van der Waals surface area (Å²) < 4.78 is 0. The van der Waals surface area contributed by atoms with Gasteiger partial charge in [-0.3, -0.25) is 9.78 Å². The number of benzene rings is 1. The molecule has 0 atom stereocenters. The summed E-state index contributed by atoms with van der Waals surface area (Å²) in [5.74, 6) is -0.332. The van der Waals surface area contributed by atoms with Crippen LogP contribution in [0.3, 0.4) is 0 Å². The number of aromatic nitrogens is 2. The minimum Gasteiger partial charge on any atom is -0.321 e. The highest BCUT2D eigenvalue weighted by Gasteiger charge is 2.08. The molecule has 0 saturated heterocycles. The van der Waals surface area contributed by atoms with Gasteiger partial charge in [-0.1, -0.05) is 11.6 Å². The van der Waals surface area contributed by atoms with Crippen molar-refractivity contribution in [3.8, 4) is 0 Å². The molecule has 1 N–H and O–H groups in total. The maximum absolute atomic E-state index is 11.8.